The van der Waals surface area contributed by atoms with Crippen LogP contribution < -0.4 is 0 Å². The number of rotatable bonds is 6. The first-order valence-corrected chi connectivity index (χ1v) is 6.78. The second kappa shape index (κ2) is 6.65. The lowest BCUT2D eigenvalue weighted by Gasteiger charge is -2.37. The zero-order valence-corrected chi connectivity index (χ0v) is 11.0. The highest BCUT2D eigenvalue weighted by molar-refractivity contribution is 5.32. The summed E-state index contributed by atoms with van der Waals surface area (Å²) in [5.74, 6) is -0.313. The molecule has 2 rings (SSSR count). The van der Waals surface area contributed by atoms with Gasteiger partial charge in [-0.05, 0) is 31.4 Å². The molecule has 0 bridgehead atoms. The SMILES string of the molecule is N#Cc1ccc(CN(CCCO)C2CCC2)c(F)c1. The topological polar surface area (TPSA) is 47.3 Å². The Balaban J connectivity index is 2.05. The summed E-state index contributed by atoms with van der Waals surface area (Å²) in [6, 6.07) is 7.10. The zero-order valence-electron chi connectivity index (χ0n) is 11.0. The third-order valence-corrected chi connectivity index (χ3v) is 3.75. The molecular weight excluding hydrogens is 243 g/mol. The normalized spacial score (nSPS) is 15.3. The quantitative estimate of drug-likeness (QED) is 0.856. The Hall–Kier alpha value is -1.44. The van der Waals surface area contributed by atoms with E-state index in [0.29, 0.717) is 30.1 Å². The van der Waals surface area contributed by atoms with Crippen LogP contribution in [0.25, 0.3) is 0 Å². The van der Waals surface area contributed by atoms with Gasteiger partial charge in [0.15, 0.2) is 0 Å². The van der Waals surface area contributed by atoms with Crippen LogP contribution in [0, 0.1) is 17.1 Å². The highest BCUT2D eigenvalue weighted by Gasteiger charge is 2.25. The average Bonchev–Trinajstić information content (AvgIpc) is 2.36. The van der Waals surface area contributed by atoms with Crippen LogP contribution in [0.4, 0.5) is 4.39 Å². The van der Waals surface area contributed by atoms with Crippen LogP contribution in [0.15, 0.2) is 18.2 Å². The molecule has 3 nitrogen and oxygen atoms in total. The van der Waals surface area contributed by atoms with Gasteiger partial charge in [0.1, 0.15) is 5.82 Å². The summed E-state index contributed by atoms with van der Waals surface area (Å²) in [5.41, 5.74) is 0.982. The van der Waals surface area contributed by atoms with Crippen molar-refractivity contribution in [3.8, 4) is 6.07 Å². The first-order chi connectivity index (χ1) is 9.24. The molecule has 1 aliphatic carbocycles. The van der Waals surface area contributed by atoms with Gasteiger partial charge in [0.05, 0.1) is 11.6 Å². The number of aliphatic hydroxyl groups is 1. The Labute approximate surface area is 113 Å². The van der Waals surface area contributed by atoms with Gasteiger partial charge in [-0.25, -0.2) is 4.39 Å². The van der Waals surface area contributed by atoms with Gasteiger partial charge < -0.3 is 5.11 Å². The molecule has 1 aliphatic rings. The summed E-state index contributed by atoms with van der Waals surface area (Å²) in [5, 5.41) is 17.7. The Morgan fingerprint density at radius 1 is 1.42 bits per heavy atom. The first kappa shape index (κ1) is 14.0. The second-order valence-electron chi connectivity index (χ2n) is 5.05. The first-order valence-electron chi connectivity index (χ1n) is 6.78. The van der Waals surface area contributed by atoms with Crippen LogP contribution in [-0.4, -0.2) is 29.2 Å². The van der Waals surface area contributed by atoms with E-state index in [-0.39, 0.29) is 12.4 Å². The van der Waals surface area contributed by atoms with Gasteiger partial charge in [0.2, 0.25) is 0 Å². The fourth-order valence-corrected chi connectivity index (χ4v) is 2.38. The standard InChI is InChI=1S/C15H19FN2O/c16-15-9-12(10-17)5-6-13(15)11-18(7-2-8-19)14-3-1-4-14/h5-6,9,14,19H,1-4,7-8,11H2. The lowest BCUT2D eigenvalue weighted by atomic mass is 9.91. The minimum absolute atomic E-state index is 0.166. The summed E-state index contributed by atoms with van der Waals surface area (Å²) in [7, 11) is 0. The van der Waals surface area contributed by atoms with Crippen LogP contribution >= 0.6 is 0 Å². The molecule has 1 saturated carbocycles. The van der Waals surface area contributed by atoms with Gasteiger partial charge in [0, 0.05) is 31.3 Å². The molecule has 1 fully saturated rings. The predicted molar refractivity (Wildman–Crippen MR) is 70.9 cm³/mol. The lowest BCUT2D eigenvalue weighted by Crippen LogP contribution is -2.40. The molecule has 0 aliphatic heterocycles. The Kier molecular flexibility index (Phi) is 4.89. The van der Waals surface area contributed by atoms with Crippen molar-refractivity contribution in [2.45, 2.75) is 38.3 Å². The van der Waals surface area contributed by atoms with Gasteiger partial charge in [-0.2, -0.15) is 5.26 Å². The molecule has 1 aromatic rings. The number of benzene rings is 1. The van der Waals surface area contributed by atoms with Crippen LogP contribution in [0.5, 0.6) is 0 Å². The molecule has 1 aromatic carbocycles. The van der Waals surface area contributed by atoms with Crippen molar-refractivity contribution in [3.05, 3.63) is 35.1 Å². The number of nitrogens with zero attached hydrogens (tertiary/aromatic N) is 2. The molecule has 0 unspecified atom stereocenters. The van der Waals surface area contributed by atoms with Gasteiger partial charge >= 0.3 is 0 Å². The molecule has 0 amide bonds. The lowest BCUT2D eigenvalue weighted by molar-refractivity contribution is 0.108. The summed E-state index contributed by atoms with van der Waals surface area (Å²) in [6.45, 7) is 1.52. The predicted octanol–water partition coefficient (Wildman–Crippen LogP) is 2.43. The number of aliphatic hydroxyl groups excluding tert-OH is 1. The number of hydrogen-bond acceptors (Lipinski definition) is 3. The molecule has 0 saturated heterocycles. The van der Waals surface area contributed by atoms with E-state index < -0.39 is 0 Å². The zero-order chi connectivity index (χ0) is 13.7. The Morgan fingerprint density at radius 3 is 2.74 bits per heavy atom. The summed E-state index contributed by atoms with van der Waals surface area (Å²) in [4.78, 5) is 2.24. The molecule has 0 radical (unpaired) electrons. The molecule has 0 spiro atoms. The fraction of sp³-hybridized carbons (Fsp3) is 0.533. The average molecular weight is 262 g/mol. The van der Waals surface area contributed by atoms with Crippen LogP contribution in [0.1, 0.15) is 36.8 Å². The Morgan fingerprint density at radius 2 is 2.21 bits per heavy atom. The molecule has 0 aromatic heterocycles. The van der Waals surface area contributed by atoms with Crippen molar-refractivity contribution in [1.29, 1.82) is 5.26 Å². The van der Waals surface area contributed by atoms with Crippen molar-refractivity contribution in [3.63, 3.8) is 0 Å². The summed E-state index contributed by atoms with van der Waals surface area (Å²) in [6.07, 6.45) is 4.26. The molecule has 1 N–H and O–H groups in total. The number of nitriles is 1. The van der Waals surface area contributed by atoms with Crippen molar-refractivity contribution in [2.75, 3.05) is 13.2 Å². The largest absolute Gasteiger partial charge is 0.396 e. The van der Waals surface area contributed by atoms with E-state index in [2.05, 4.69) is 4.90 Å². The maximum atomic E-state index is 13.9. The minimum Gasteiger partial charge on any atom is -0.396 e. The van der Waals surface area contributed by atoms with Crippen LogP contribution in [-0.2, 0) is 6.54 Å². The molecule has 0 atom stereocenters. The van der Waals surface area contributed by atoms with E-state index >= 15 is 0 Å². The van der Waals surface area contributed by atoms with E-state index in [1.807, 2.05) is 6.07 Å². The van der Waals surface area contributed by atoms with Gasteiger partial charge in [-0.3, -0.25) is 4.90 Å². The highest BCUT2D eigenvalue weighted by Crippen LogP contribution is 2.27. The Bertz CT molecular complexity index is 466. The van der Waals surface area contributed by atoms with Crippen molar-refractivity contribution in [2.24, 2.45) is 0 Å². The van der Waals surface area contributed by atoms with Crippen LogP contribution in [0.2, 0.25) is 0 Å². The van der Waals surface area contributed by atoms with Gasteiger partial charge in [-0.15, -0.1) is 0 Å². The monoisotopic (exact) mass is 262 g/mol. The van der Waals surface area contributed by atoms with Crippen molar-refractivity contribution < 1.29 is 9.50 Å². The smallest absolute Gasteiger partial charge is 0.129 e. The summed E-state index contributed by atoms with van der Waals surface area (Å²) >= 11 is 0. The molecule has 0 heterocycles. The number of halogens is 1. The van der Waals surface area contributed by atoms with Gasteiger partial charge in [-0.1, -0.05) is 12.5 Å². The maximum Gasteiger partial charge on any atom is 0.129 e. The third-order valence-electron chi connectivity index (χ3n) is 3.75. The van der Waals surface area contributed by atoms with E-state index in [1.54, 1.807) is 12.1 Å². The van der Waals surface area contributed by atoms with E-state index in [4.69, 9.17) is 10.4 Å². The third kappa shape index (κ3) is 3.52. The molecule has 4 heteroatoms. The molecule has 102 valence electrons. The van der Waals surface area contributed by atoms with E-state index in [0.717, 1.165) is 19.4 Å². The van der Waals surface area contributed by atoms with E-state index in [9.17, 15) is 4.39 Å². The molecule has 19 heavy (non-hydrogen) atoms. The highest BCUT2D eigenvalue weighted by atomic mass is 19.1. The second-order valence-corrected chi connectivity index (χ2v) is 5.05. The number of hydrogen-bond donors (Lipinski definition) is 1. The van der Waals surface area contributed by atoms with Gasteiger partial charge in [0.25, 0.3) is 0 Å². The minimum atomic E-state index is -0.313. The molecular formula is C15H19FN2O. The van der Waals surface area contributed by atoms with Crippen molar-refractivity contribution in [1.82, 2.24) is 4.90 Å². The van der Waals surface area contributed by atoms with Crippen molar-refractivity contribution >= 4 is 0 Å². The van der Waals surface area contributed by atoms with Crippen LogP contribution in [0.3, 0.4) is 0 Å². The summed E-state index contributed by atoms with van der Waals surface area (Å²) < 4.78 is 13.9. The fourth-order valence-electron chi connectivity index (χ4n) is 2.38. The maximum absolute atomic E-state index is 13.9. The van der Waals surface area contributed by atoms with E-state index in [1.165, 1.54) is 12.5 Å².